The Kier molecular flexibility index (Phi) is 4.61. The molecule has 3 nitrogen and oxygen atoms in total. The van der Waals surface area contributed by atoms with Crippen molar-refractivity contribution >= 4 is 0 Å². The normalized spacial score (nSPS) is 17.9. The summed E-state index contributed by atoms with van der Waals surface area (Å²) in [4.78, 5) is 2.36. The molecule has 3 heteroatoms. The first-order valence-corrected chi connectivity index (χ1v) is 6.81. The van der Waals surface area contributed by atoms with Crippen LogP contribution in [0.15, 0.2) is 18.2 Å². The highest BCUT2D eigenvalue weighted by atomic mass is 16.5. The number of methoxy groups -OCH3 is 1. The van der Waals surface area contributed by atoms with Gasteiger partial charge in [-0.1, -0.05) is 19.1 Å². The lowest BCUT2D eigenvalue weighted by Crippen LogP contribution is -2.28. The molecule has 2 rings (SSSR count). The number of nitrogens with zero attached hydrogens (tertiary/aromatic N) is 1. The van der Waals surface area contributed by atoms with E-state index in [1.165, 1.54) is 18.4 Å². The minimum absolute atomic E-state index is 0.0777. The number of hydrogen-bond acceptors (Lipinski definition) is 3. The Balaban J connectivity index is 2.32. The average Bonchev–Trinajstić information content (AvgIpc) is 2.93. The fourth-order valence-corrected chi connectivity index (χ4v) is 2.73. The molecule has 1 aromatic carbocycles. The molecule has 1 fully saturated rings. The lowest BCUT2D eigenvalue weighted by molar-refractivity contribution is 0.144. The second-order valence-electron chi connectivity index (χ2n) is 4.87. The van der Waals surface area contributed by atoms with E-state index in [0.717, 1.165) is 30.8 Å². The molecule has 1 aliphatic heterocycles. The zero-order chi connectivity index (χ0) is 13.0. The Bertz CT molecular complexity index is 386. The monoisotopic (exact) mass is 249 g/mol. The fraction of sp³-hybridized carbons (Fsp3) is 0.600. The fourth-order valence-electron chi connectivity index (χ4n) is 2.73. The van der Waals surface area contributed by atoms with Crippen molar-refractivity contribution in [3.63, 3.8) is 0 Å². The zero-order valence-corrected chi connectivity index (χ0v) is 11.4. The molecular formula is C15H23NO2. The maximum absolute atomic E-state index is 9.73. The quantitative estimate of drug-likeness (QED) is 0.869. The third-order valence-electron chi connectivity index (χ3n) is 3.82. The molecule has 1 saturated heterocycles. The summed E-state index contributed by atoms with van der Waals surface area (Å²) in [5.74, 6) is 0.887. The lowest BCUT2D eigenvalue weighted by Gasteiger charge is -2.27. The van der Waals surface area contributed by atoms with Crippen LogP contribution < -0.4 is 4.74 Å². The van der Waals surface area contributed by atoms with E-state index in [1.807, 2.05) is 6.07 Å². The van der Waals surface area contributed by atoms with Crippen molar-refractivity contribution in [1.82, 2.24) is 4.90 Å². The van der Waals surface area contributed by atoms with Crippen LogP contribution in [0, 0.1) is 0 Å². The summed E-state index contributed by atoms with van der Waals surface area (Å²) in [6, 6.07) is 6.38. The van der Waals surface area contributed by atoms with Crippen LogP contribution in [0.3, 0.4) is 0 Å². The zero-order valence-electron chi connectivity index (χ0n) is 11.4. The first-order chi connectivity index (χ1) is 8.80. The third kappa shape index (κ3) is 2.68. The summed E-state index contributed by atoms with van der Waals surface area (Å²) in [7, 11) is 1.70. The maximum Gasteiger partial charge on any atom is 0.123 e. The molecule has 1 atom stereocenters. The molecule has 0 aliphatic carbocycles. The van der Waals surface area contributed by atoms with Gasteiger partial charge in [0.2, 0.25) is 0 Å². The van der Waals surface area contributed by atoms with Gasteiger partial charge < -0.3 is 9.84 Å². The van der Waals surface area contributed by atoms with E-state index in [-0.39, 0.29) is 12.6 Å². The molecule has 1 N–H and O–H groups in total. The van der Waals surface area contributed by atoms with E-state index in [4.69, 9.17) is 4.74 Å². The van der Waals surface area contributed by atoms with Crippen molar-refractivity contribution in [2.24, 2.45) is 0 Å². The highest BCUT2D eigenvalue weighted by molar-refractivity contribution is 5.39. The summed E-state index contributed by atoms with van der Waals surface area (Å²) in [5.41, 5.74) is 2.42. The number of likely N-dealkylation sites (tertiary alicyclic amines) is 1. The highest BCUT2D eigenvalue weighted by Crippen LogP contribution is 2.32. The minimum atomic E-state index is 0.0777. The van der Waals surface area contributed by atoms with Crippen molar-refractivity contribution in [3.05, 3.63) is 29.3 Å². The van der Waals surface area contributed by atoms with E-state index in [0.29, 0.717) is 0 Å². The van der Waals surface area contributed by atoms with Crippen LogP contribution >= 0.6 is 0 Å². The molecule has 0 spiro atoms. The van der Waals surface area contributed by atoms with Crippen molar-refractivity contribution < 1.29 is 9.84 Å². The Hall–Kier alpha value is -1.06. The minimum Gasteiger partial charge on any atom is -0.496 e. The van der Waals surface area contributed by atoms with Crippen molar-refractivity contribution in [2.75, 3.05) is 26.8 Å². The number of aliphatic hydroxyl groups excluding tert-OH is 1. The molecule has 1 unspecified atom stereocenters. The summed E-state index contributed by atoms with van der Waals surface area (Å²) >= 11 is 0. The molecule has 0 amide bonds. The SMILES string of the molecule is CCc1ccc(OC)c(C(CO)N2CCCC2)c1. The Morgan fingerprint density at radius 2 is 2.06 bits per heavy atom. The maximum atomic E-state index is 9.73. The van der Waals surface area contributed by atoms with Gasteiger partial charge in [0.25, 0.3) is 0 Å². The Morgan fingerprint density at radius 1 is 1.33 bits per heavy atom. The van der Waals surface area contributed by atoms with Gasteiger partial charge in [-0.25, -0.2) is 0 Å². The number of rotatable bonds is 5. The van der Waals surface area contributed by atoms with E-state index < -0.39 is 0 Å². The summed E-state index contributed by atoms with van der Waals surface area (Å²) in [6.07, 6.45) is 3.47. The largest absolute Gasteiger partial charge is 0.496 e. The molecular weight excluding hydrogens is 226 g/mol. The molecule has 0 aromatic heterocycles. The number of hydrogen-bond donors (Lipinski definition) is 1. The first-order valence-electron chi connectivity index (χ1n) is 6.81. The van der Waals surface area contributed by atoms with Crippen LogP contribution in [0.1, 0.15) is 36.9 Å². The van der Waals surface area contributed by atoms with Gasteiger partial charge in [-0.2, -0.15) is 0 Å². The second kappa shape index (κ2) is 6.21. The average molecular weight is 249 g/mol. The first kappa shape index (κ1) is 13.4. The van der Waals surface area contributed by atoms with E-state index in [1.54, 1.807) is 7.11 Å². The van der Waals surface area contributed by atoms with Gasteiger partial charge in [0, 0.05) is 5.56 Å². The smallest absolute Gasteiger partial charge is 0.123 e. The van der Waals surface area contributed by atoms with Gasteiger partial charge >= 0.3 is 0 Å². The molecule has 18 heavy (non-hydrogen) atoms. The summed E-state index contributed by atoms with van der Waals surface area (Å²) in [5, 5.41) is 9.73. The standard InChI is InChI=1S/C15H23NO2/c1-3-12-6-7-15(18-2)13(10-12)14(11-17)16-8-4-5-9-16/h6-7,10,14,17H,3-5,8-9,11H2,1-2H3. The molecule has 1 aromatic rings. The summed E-state index contributed by atoms with van der Waals surface area (Å²) in [6.45, 7) is 4.45. The molecule has 100 valence electrons. The highest BCUT2D eigenvalue weighted by Gasteiger charge is 2.25. The second-order valence-corrected chi connectivity index (χ2v) is 4.87. The van der Waals surface area contributed by atoms with Crippen LogP contribution in [0.4, 0.5) is 0 Å². The van der Waals surface area contributed by atoms with Gasteiger partial charge in [-0.05, 0) is 44.0 Å². The lowest BCUT2D eigenvalue weighted by atomic mass is 10.0. The number of aliphatic hydroxyl groups is 1. The van der Waals surface area contributed by atoms with Crippen LogP contribution in [-0.4, -0.2) is 36.8 Å². The number of ether oxygens (including phenoxy) is 1. The van der Waals surface area contributed by atoms with Gasteiger partial charge in [-0.15, -0.1) is 0 Å². The van der Waals surface area contributed by atoms with Gasteiger partial charge in [-0.3, -0.25) is 4.90 Å². The molecule has 1 aliphatic rings. The van der Waals surface area contributed by atoms with E-state index in [9.17, 15) is 5.11 Å². The van der Waals surface area contributed by atoms with Crippen LogP contribution in [-0.2, 0) is 6.42 Å². The van der Waals surface area contributed by atoms with Gasteiger partial charge in [0.15, 0.2) is 0 Å². The van der Waals surface area contributed by atoms with E-state index in [2.05, 4.69) is 24.0 Å². The predicted molar refractivity (Wildman–Crippen MR) is 73.0 cm³/mol. The molecule has 0 saturated carbocycles. The van der Waals surface area contributed by atoms with Gasteiger partial charge in [0.1, 0.15) is 5.75 Å². The van der Waals surface area contributed by atoms with Gasteiger partial charge in [0.05, 0.1) is 19.8 Å². The van der Waals surface area contributed by atoms with E-state index >= 15 is 0 Å². The van der Waals surface area contributed by atoms with Crippen LogP contribution in [0.5, 0.6) is 5.75 Å². The summed E-state index contributed by atoms with van der Waals surface area (Å²) < 4.78 is 5.45. The molecule has 0 bridgehead atoms. The van der Waals surface area contributed by atoms with Crippen molar-refractivity contribution in [1.29, 1.82) is 0 Å². The van der Waals surface area contributed by atoms with Crippen LogP contribution in [0.2, 0.25) is 0 Å². The Morgan fingerprint density at radius 3 is 2.61 bits per heavy atom. The number of benzene rings is 1. The molecule has 0 radical (unpaired) electrons. The predicted octanol–water partition coefficient (Wildman–Crippen LogP) is 2.39. The topological polar surface area (TPSA) is 32.7 Å². The third-order valence-corrected chi connectivity index (χ3v) is 3.82. The van der Waals surface area contributed by atoms with Crippen LogP contribution in [0.25, 0.3) is 0 Å². The van der Waals surface area contributed by atoms with Crippen molar-refractivity contribution in [3.8, 4) is 5.75 Å². The van der Waals surface area contributed by atoms with Crippen molar-refractivity contribution in [2.45, 2.75) is 32.2 Å². The number of aryl methyl sites for hydroxylation is 1. The Labute approximate surface area is 109 Å². The molecule has 1 heterocycles.